The lowest BCUT2D eigenvalue weighted by molar-refractivity contribution is 0.384. The predicted molar refractivity (Wildman–Crippen MR) is 110 cm³/mol. The van der Waals surface area contributed by atoms with Crippen LogP contribution in [0.15, 0.2) is 41.3 Å². The molecule has 2 aromatic carbocycles. The van der Waals surface area contributed by atoms with E-state index in [1.54, 1.807) is 14.2 Å². The summed E-state index contributed by atoms with van der Waals surface area (Å²) >= 11 is 1.49. The summed E-state index contributed by atoms with van der Waals surface area (Å²) in [7, 11) is -0.440. The maximum atomic E-state index is 13.1. The van der Waals surface area contributed by atoms with Gasteiger partial charge in [-0.3, -0.25) is 0 Å². The lowest BCUT2D eigenvalue weighted by Crippen LogP contribution is -2.48. The number of anilines is 1. The Morgan fingerprint density at radius 3 is 2.21 bits per heavy atom. The summed E-state index contributed by atoms with van der Waals surface area (Å²) in [6, 6.07) is 8.57. The van der Waals surface area contributed by atoms with Crippen LogP contribution in [0.2, 0.25) is 0 Å². The zero-order chi connectivity index (χ0) is 20.6. The van der Waals surface area contributed by atoms with Crippen LogP contribution in [0.25, 0.3) is 10.2 Å². The normalized spacial score (nSPS) is 15.6. The number of ether oxygens (including phenoxy) is 2. The second-order valence-electron chi connectivity index (χ2n) is 6.49. The molecule has 0 unspecified atom stereocenters. The van der Waals surface area contributed by atoms with Gasteiger partial charge in [-0.15, -0.1) is 0 Å². The number of benzene rings is 2. The lowest BCUT2D eigenvalue weighted by Gasteiger charge is -2.33. The number of nitrogens with zero attached hydrogens (tertiary/aromatic N) is 3. The zero-order valence-corrected chi connectivity index (χ0v) is 17.6. The molecule has 29 heavy (non-hydrogen) atoms. The molecular weight excluding hydrogens is 417 g/mol. The topological polar surface area (TPSA) is 72.0 Å². The highest BCUT2D eigenvalue weighted by Gasteiger charge is 2.30. The third-order valence-corrected chi connectivity index (χ3v) is 7.90. The molecule has 0 saturated carbocycles. The first-order valence-electron chi connectivity index (χ1n) is 8.96. The van der Waals surface area contributed by atoms with Crippen molar-refractivity contribution < 1.29 is 22.3 Å². The Kier molecular flexibility index (Phi) is 5.32. The van der Waals surface area contributed by atoms with Gasteiger partial charge in [0.05, 0.1) is 19.1 Å². The molecule has 0 atom stereocenters. The van der Waals surface area contributed by atoms with Crippen molar-refractivity contribution in [2.24, 2.45) is 0 Å². The van der Waals surface area contributed by atoms with E-state index in [0.29, 0.717) is 31.9 Å². The molecule has 2 heterocycles. The minimum Gasteiger partial charge on any atom is -0.495 e. The van der Waals surface area contributed by atoms with Crippen LogP contribution in [0.5, 0.6) is 11.5 Å². The van der Waals surface area contributed by atoms with Crippen LogP contribution in [-0.4, -0.2) is 58.1 Å². The van der Waals surface area contributed by atoms with Crippen molar-refractivity contribution in [1.82, 2.24) is 9.29 Å². The molecule has 0 amide bonds. The Labute approximate surface area is 172 Å². The second-order valence-corrected chi connectivity index (χ2v) is 9.40. The monoisotopic (exact) mass is 437 g/mol. The van der Waals surface area contributed by atoms with Gasteiger partial charge in [0.1, 0.15) is 27.5 Å². The van der Waals surface area contributed by atoms with Crippen molar-refractivity contribution in [3.8, 4) is 11.5 Å². The molecule has 0 aliphatic carbocycles. The fourth-order valence-electron chi connectivity index (χ4n) is 3.28. The van der Waals surface area contributed by atoms with Gasteiger partial charge in [0.25, 0.3) is 0 Å². The van der Waals surface area contributed by atoms with Crippen molar-refractivity contribution in [1.29, 1.82) is 0 Å². The number of aromatic nitrogens is 1. The van der Waals surface area contributed by atoms with Gasteiger partial charge in [-0.2, -0.15) is 4.31 Å². The van der Waals surface area contributed by atoms with Crippen LogP contribution in [0, 0.1) is 5.82 Å². The smallest absolute Gasteiger partial charge is 0.243 e. The molecular formula is C19H20FN3O4S2. The number of piperazine rings is 1. The van der Waals surface area contributed by atoms with Crippen LogP contribution in [0.4, 0.5) is 9.52 Å². The quantitative estimate of drug-likeness (QED) is 0.611. The first kappa shape index (κ1) is 19.9. The Balaban J connectivity index is 1.55. The number of fused-ring (bicyclic) bond motifs is 1. The number of halogens is 1. The fourth-order valence-corrected chi connectivity index (χ4v) is 5.83. The van der Waals surface area contributed by atoms with Crippen LogP contribution in [0.3, 0.4) is 0 Å². The van der Waals surface area contributed by atoms with Crippen molar-refractivity contribution in [2.45, 2.75) is 4.90 Å². The number of hydrogen-bond donors (Lipinski definition) is 0. The van der Waals surface area contributed by atoms with Gasteiger partial charge < -0.3 is 14.4 Å². The number of rotatable bonds is 5. The van der Waals surface area contributed by atoms with Crippen LogP contribution >= 0.6 is 11.3 Å². The molecule has 0 bridgehead atoms. The van der Waals surface area contributed by atoms with E-state index >= 15 is 0 Å². The van der Waals surface area contributed by atoms with E-state index in [1.165, 1.54) is 27.8 Å². The number of thiazole rings is 1. The molecule has 3 aromatic rings. The Morgan fingerprint density at radius 1 is 0.966 bits per heavy atom. The van der Waals surface area contributed by atoms with E-state index in [-0.39, 0.29) is 4.90 Å². The van der Waals surface area contributed by atoms with Gasteiger partial charge in [0.15, 0.2) is 5.13 Å². The predicted octanol–water partition coefficient (Wildman–Crippen LogP) is 2.96. The largest absolute Gasteiger partial charge is 0.495 e. The number of sulfonamides is 1. The summed E-state index contributed by atoms with van der Waals surface area (Å²) in [6.45, 7) is 1.66. The fraction of sp³-hybridized carbons (Fsp3) is 0.316. The van der Waals surface area contributed by atoms with E-state index in [1.807, 2.05) is 12.1 Å². The van der Waals surface area contributed by atoms with Crippen LogP contribution < -0.4 is 14.4 Å². The minimum absolute atomic E-state index is 0.0989. The third-order valence-electron chi connectivity index (χ3n) is 4.86. The van der Waals surface area contributed by atoms with Crippen molar-refractivity contribution in [3.05, 3.63) is 42.2 Å². The average Bonchev–Trinajstić information content (AvgIpc) is 3.19. The van der Waals surface area contributed by atoms with E-state index in [9.17, 15) is 12.8 Å². The van der Waals surface area contributed by atoms with E-state index in [4.69, 9.17) is 14.5 Å². The minimum atomic E-state index is -3.65. The standard InChI is InChI=1S/C19H20FN3O4S2/c1-26-15-7-8-16(27-2)18-17(15)21-19(28-18)22-9-11-23(12-10-22)29(24,25)14-5-3-13(20)4-6-14/h3-8H,9-12H2,1-2H3. The molecule has 0 N–H and O–H groups in total. The maximum absolute atomic E-state index is 13.1. The van der Waals surface area contributed by atoms with Gasteiger partial charge in [-0.25, -0.2) is 17.8 Å². The molecule has 1 saturated heterocycles. The lowest BCUT2D eigenvalue weighted by atomic mass is 10.3. The molecule has 1 aliphatic heterocycles. The molecule has 10 heteroatoms. The summed E-state index contributed by atoms with van der Waals surface area (Å²) in [5, 5.41) is 0.793. The average molecular weight is 438 g/mol. The molecule has 154 valence electrons. The zero-order valence-electron chi connectivity index (χ0n) is 16.0. The van der Waals surface area contributed by atoms with E-state index < -0.39 is 15.8 Å². The molecule has 7 nitrogen and oxygen atoms in total. The first-order valence-corrected chi connectivity index (χ1v) is 11.2. The molecule has 0 spiro atoms. The van der Waals surface area contributed by atoms with Gasteiger partial charge in [-0.05, 0) is 36.4 Å². The molecule has 4 rings (SSSR count). The van der Waals surface area contributed by atoms with Gasteiger partial charge in [0.2, 0.25) is 10.0 Å². The third kappa shape index (κ3) is 3.63. The van der Waals surface area contributed by atoms with Crippen molar-refractivity contribution in [3.63, 3.8) is 0 Å². The highest BCUT2D eigenvalue weighted by atomic mass is 32.2. The maximum Gasteiger partial charge on any atom is 0.243 e. The summed E-state index contributed by atoms with van der Waals surface area (Å²) in [6.07, 6.45) is 0. The molecule has 1 fully saturated rings. The molecule has 0 radical (unpaired) electrons. The van der Waals surface area contributed by atoms with Gasteiger partial charge in [-0.1, -0.05) is 11.3 Å². The van der Waals surface area contributed by atoms with E-state index in [0.717, 1.165) is 33.2 Å². The Morgan fingerprint density at radius 2 is 1.59 bits per heavy atom. The second kappa shape index (κ2) is 7.77. The summed E-state index contributed by atoms with van der Waals surface area (Å²) < 4.78 is 51.8. The van der Waals surface area contributed by atoms with Gasteiger partial charge in [0, 0.05) is 26.2 Å². The summed E-state index contributed by atoms with van der Waals surface area (Å²) in [5.74, 6) is 0.929. The number of methoxy groups -OCH3 is 2. The molecule has 1 aromatic heterocycles. The van der Waals surface area contributed by atoms with Crippen LogP contribution in [-0.2, 0) is 10.0 Å². The Hall–Kier alpha value is -2.43. The Bertz CT molecular complexity index is 1080. The van der Waals surface area contributed by atoms with Crippen molar-refractivity contribution >= 4 is 36.7 Å². The SMILES string of the molecule is COc1ccc(OC)c2sc(N3CCN(S(=O)(=O)c4ccc(F)cc4)CC3)nc12. The summed E-state index contributed by atoms with van der Waals surface area (Å²) in [5.41, 5.74) is 0.730. The van der Waals surface area contributed by atoms with Gasteiger partial charge >= 0.3 is 0 Å². The highest BCUT2D eigenvalue weighted by Crippen LogP contribution is 2.40. The van der Waals surface area contributed by atoms with Crippen molar-refractivity contribution in [2.75, 3.05) is 45.3 Å². The van der Waals surface area contributed by atoms with Crippen LogP contribution in [0.1, 0.15) is 0 Å². The number of hydrogen-bond acceptors (Lipinski definition) is 7. The summed E-state index contributed by atoms with van der Waals surface area (Å²) in [4.78, 5) is 6.86. The van der Waals surface area contributed by atoms with E-state index in [2.05, 4.69) is 4.90 Å². The highest BCUT2D eigenvalue weighted by molar-refractivity contribution is 7.89. The first-order chi connectivity index (χ1) is 13.9. The molecule has 1 aliphatic rings.